The summed E-state index contributed by atoms with van der Waals surface area (Å²) in [5.74, 6) is -0.0306. The highest BCUT2D eigenvalue weighted by Gasteiger charge is 2.34. The van der Waals surface area contributed by atoms with Crippen molar-refractivity contribution in [1.82, 2.24) is 4.57 Å². The van der Waals surface area contributed by atoms with Gasteiger partial charge in [0.05, 0.1) is 17.6 Å². The van der Waals surface area contributed by atoms with Crippen molar-refractivity contribution in [3.05, 3.63) is 52.2 Å². The molecule has 4 nitrogen and oxygen atoms in total. The fraction of sp³-hybridized carbons (Fsp3) is 0.400. The van der Waals surface area contributed by atoms with Crippen molar-refractivity contribution >= 4 is 34.2 Å². The Balaban J connectivity index is 1.85. The maximum Gasteiger partial charge on any atom is 0.307 e. The molecule has 0 radical (unpaired) electrons. The Hall–Kier alpha value is -2.46. The molecule has 1 fully saturated rings. The van der Waals surface area contributed by atoms with Crippen LogP contribution in [0.25, 0.3) is 22.0 Å². The van der Waals surface area contributed by atoms with Crippen LogP contribution in [0.5, 0.6) is 0 Å². The summed E-state index contributed by atoms with van der Waals surface area (Å²) in [4.78, 5) is 14.4. The highest BCUT2D eigenvalue weighted by Crippen LogP contribution is 2.47. The third-order valence-corrected chi connectivity index (χ3v) is 7.04. The van der Waals surface area contributed by atoms with Gasteiger partial charge in [-0.25, -0.2) is 0 Å². The van der Waals surface area contributed by atoms with Gasteiger partial charge in [0.1, 0.15) is 0 Å². The Morgan fingerprint density at radius 1 is 1.20 bits per heavy atom. The third-order valence-electron chi connectivity index (χ3n) is 6.79. The minimum Gasteiger partial charge on any atom is -0.481 e. The average molecular weight is 423 g/mol. The van der Waals surface area contributed by atoms with Crippen LogP contribution < -0.4 is 4.90 Å². The van der Waals surface area contributed by atoms with Crippen LogP contribution in [0, 0.1) is 19.8 Å². The third kappa shape index (κ3) is 3.09. The standard InChI is InChI=1S/C25H27ClN2O2/c1-14-10-21-23(18-6-8-19(26)9-7-18)20(11-22(29)30)16(3)24-25(21)27(14)12-15(2)28(24)13-17-4-5-17/h6-10,15,17H,4-5,11-13H2,1-3H3,(H,29,30)/t15-/m0/s1. The summed E-state index contributed by atoms with van der Waals surface area (Å²) >= 11 is 6.14. The van der Waals surface area contributed by atoms with Crippen LogP contribution in [0.2, 0.25) is 5.02 Å². The number of carbonyl (C=O) groups is 1. The van der Waals surface area contributed by atoms with E-state index in [1.54, 1.807) is 0 Å². The molecule has 30 heavy (non-hydrogen) atoms. The van der Waals surface area contributed by atoms with Crippen molar-refractivity contribution in [2.75, 3.05) is 11.4 Å². The van der Waals surface area contributed by atoms with Gasteiger partial charge in [-0.15, -0.1) is 0 Å². The largest absolute Gasteiger partial charge is 0.481 e. The number of hydrogen-bond donors (Lipinski definition) is 1. The van der Waals surface area contributed by atoms with Crippen LogP contribution in [0.15, 0.2) is 30.3 Å². The molecule has 1 N–H and O–H groups in total. The fourth-order valence-electron chi connectivity index (χ4n) is 5.13. The van der Waals surface area contributed by atoms with Gasteiger partial charge in [0.15, 0.2) is 0 Å². The summed E-state index contributed by atoms with van der Waals surface area (Å²) < 4.78 is 2.43. The van der Waals surface area contributed by atoms with Gasteiger partial charge < -0.3 is 14.6 Å². The molecule has 1 atom stereocenters. The molecule has 5 rings (SSSR count). The van der Waals surface area contributed by atoms with E-state index in [1.807, 2.05) is 24.3 Å². The van der Waals surface area contributed by atoms with Gasteiger partial charge in [-0.05, 0) is 80.0 Å². The fourth-order valence-corrected chi connectivity index (χ4v) is 5.26. The van der Waals surface area contributed by atoms with Gasteiger partial charge in [0.25, 0.3) is 0 Å². The molecule has 0 amide bonds. The number of aliphatic carboxylic acids is 1. The van der Waals surface area contributed by atoms with Crippen LogP contribution in [0.1, 0.15) is 36.6 Å². The molecule has 2 aromatic carbocycles. The van der Waals surface area contributed by atoms with Gasteiger partial charge >= 0.3 is 5.97 Å². The molecule has 3 aromatic rings. The van der Waals surface area contributed by atoms with Crippen molar-refractivity contribution in [2.45, 2.75) is 52.6 Å². The first-order valence-electron chi connectivity index (χ1n) is 10.7. The summed E-state index contributed by atoms with van der Waals surface area (Å²) in [6.07, 6.45) is 2.62. The van der Waals surface area contributed by atoms with Gasteiger partial charge in [-0.2, -0.15) is 0 Å². The van der Waals surface area contributed by atoms with Crippen LogP contribution in [-0.2, 0) is 17.8 Å². The van der Waals surface area contributed by atoms with E-state index in [-0.39, 0.29) is 6.42 Å². The Kier molecular flexibility index (Phi) is 4.59. The number of aromatic nitrogens is 1. The van der Waals surface area contributed by atoms with E-state index in [0.717, 1.165) is 46.6 Å². The molecule has 5 heteroatoms. The van der Waals surface area contributed by atoms with Crippen LogP contribution in [0.4, 0.5) is 5.69 Å². The number of halogens is 1. The lowest BCUT2D eigenvalue weighted by Crippen LogP contribution is -2.41. The van der Waals surface area contributed by atoms with Crippen LogP contribution >= 0.6 is 11.6 Å². The average Bonchev–Trinajstić information content (AvgIpc) is 3.46. The lowest BCUT2D eigenvalue weighted by Gasteiger charge is -2.39. The van der Waals surface area contributed by atoms with Gasteiger partial charge in [-0.1, -0.05) is 23.7 Å². The van der Waals surface area contributed by atoms with Crippen LogP contribution in [0.3, 0.4) is 0 Å². The van der Waals surface area contributed by atoms with Crippen LogP contribution in [-0.4, -0.2) is 28.2 Å². The molecule has 0 bridgehead atoms. The summed E-state index contributed by atoms with van der Waals surface area (Å²) in [6.45, 7) is 8.59. The predicted octanol–water partition coefficient (Wildman–Crippen LogP) is 5.82. The van der Waals surface area contributed by atoms with Crippen molar-refractivity contribution in [1.29, 1.82) is 0 Å². The molecule has 1 aliphatic carbocycles. The number of hydrogen-bond acceptors (Lipinski definition) is 2. The van der Waals surface area contributed by atoms with E-state index in [1.165, 1.54) is 29.7 Å². The zero-order valence-electron chi connectivity index (χ0n) is 17.7. The molecule has 0 spiro atoms. The van der Waals surface area contributed by atoms with Gasteiger partial charge in [0, 0.05) is 35.2 Å². The van der Waals surface area contributed by atoms with Crippen molar-refractivity contribution in [3.8, 4) is 11.1 Å². The van der Waals surface area contributed by atoms with Crippen molar-refractivity contribution < 1.29 is 9.90 Å². The quantitative estimate of drug-likeness (QED) is 0.563. The minimum atomic E-state index is -0.798. The molecule has 0 saturated heterocycles. The predicted molar refractivity (Wildman–Crippen MR) is 123 cm³/mol. The second kappa shape index (κ2) is 7.05. The maximum absolute atomic E-state index is 11.9. The molecule has 1 aromatic heterocycles. The molecule has 2 aliphatic rings. The first-order chi connectivity index (χ1) is 14.3. The topological polar surface area (TPSA) is 45.5 Å². The summed E-state index contributed by atoms with van der Waals surface area (Å²) in [7, 11) is 0. The Morgan fingerprint density at radius 3 is 2.53 bits per heavy atom. The van der Waals surface area contributed by atoms with Crippen molar-refractivity contribution in [3.63, 3.8) is 0 Å². The first-order valence-corrected chi connectivity index (χ1v) is 11.1. The second-order valence-electron chi connectivity index (χ2n) is 9.01. The monoisotopic (exact) mass is 422 g/mol. The number of benzene rings is 2. The lowest BCUT2D eigenvalue weighted by atomic mass is 9.88. The molecular weight excluding hydrogens is 396 g/mol. The van der Waals surface area contributed by atoms with Gasteiger partial charge in [-0.3, -0.25) is 4.79 Å². The smallest absolute Gasteiger partial charge is 0.307 e. The Morgan fingerprint density at radius 2 is 1.90 bits per heavy atom. The number of anilines is 1. The second-order valence-corrected chi connectivity index (χ2v) is 9.44. The summed E-state index contributed by atoms with van der Waals surface area (Å²) in [5.41, 5.74) is 7.79. The SMILES string of the molecule is Cc1c(CC(=O)O)c(-c2ccc(Cl)cc2)c2cc(C)n3c2c1N(CC1CC1)[C@@H](C)C3. The number of rotatable bonds is 5. The van der Waals surface area contributed by atoms with E-state index in [4.69, 9.17) is 11.6 Å². The van der Waals surface area contributed by atoms with E-state index in [0.29, 0.717) is 11.1 Å². The maximum atomic E-state index is 11.9. The summed E-state index contributed by atoms with van der Waals surface area (Å²) in [6, 6.07) is 10.4. The zero-order chi connectivity index (χ0) is 21.2. The molecule has 156 valence electrons. The van der Waals surface area contributed by atoms with E-state index in [2.05, 4.69) is 36.3 Å². The molecule has 1 aliphatic heterocycles. The molecular formula is C25H27ClN2O2. The minimum absolute atomic E-state index is 0.0165. The Labute approximate surface area is 182 Å². The molecule has 2 heterocycles. The van der Waals surface area contributed by atoms with E-state index >= 15 is 0 Å². The summed E-state index contributed by atoms with van der Waals surface area (Å²) in [5, 5.41) is 11.6. The highest BCUT2D eigenvalue weighted by molar-refractivity contribution is 6.30. The number of carboxylic acids is 1. The van der Waals surface area contributed by atoms with Gasteiger partial charge in [0.2, 0.25) is 0 Å². The highest BCUT2D eigenvalue weighted by atomic mass is 35.5. The molecule has 0 unspecified atom stereocenters. The first kappa shape index (κ1) is 19.5. The molecule has 1 saturated carbocycles. The van der Waals surface area contributed by atoms with Crippen molar-refractivity contribution in [2.24, 2.45) is 5.92 Å². The van der Waals surface area contributed by atoms with E-state index < -0.39 is 5.97 Å². The number of aryl methyl sites for hydroxylation is 1. The normalized spacial score (nSPS) is 18.3. The number of carboxylic acid groups (broad SMARTS) is 1. The van der Waals surface area contributed by atoms with E-state index in [9.17, 15) is 9.90 Å². The number of nitrogens with zero attached hydrogens (tertiary/aromatic N) is 2. The Bertz CT molecular complexity index is 1160. The zero-order valence-corrected chi connectivity index (χ0v) is 18.5. The lowest BCUT2D eigenvalue weighted by molar-refractivity contribution is -0.136.